The number of nitrogens with zero attached hydrogens (tertiary/aromatic N) is 1. The number of fused-ring (bicyclic) bond motifs is 5. The molecule has 1 N–H and O–H groups in total. The molecule has 0 saturated heterocycles. The van der Waals surface area contributed by atoms with Crippen LogP contribution in [0.25, 0.3) is 0 Å². The Morgan fingerprint density at radius 3 is 2.67 bits per heavy atom. The lowest BCUT2D eigenvalue weighted by molar-refractivity contribution is -0.0891. The standard InChI is InChI=1S/C19H31NO/c1-18-10-3-4-16(18)15-8-6-13-5-7-14(20-21)12-19(13,2)17(15)9-11-18/h13,15-17,21H,3-12H2,1-2H3/b20-14+/t13-,15+,16+,17+,18+,19+/m1/s1. The van der Waals surface area contributed by atoms with Crippen LogP contribution >= 0.6 is 0 Å². The molecular weight excluding hydrogens is 258 g/mol. The first-order valence-corrected chi connectivity index (χ1v) is 9.27. The first-order chi connectivity index (χ1) is 10.1. The zero-order valence-electron chi connectivity index (χ0n) is 13.8. The summed E-state index contributed by atoms with van der Waals surface area (Å²) in [5.74, 6) is 3.73. The van der Waals surface area contributed by atoms with E-state index in [-0.39, 0.29) is 0 Å². The molecule has 4 saturated carbocycles. The van der Waals surface area contributed by atoms with Crippen molar-refractivity contribution in [1.29, 1.82) is 0 Å². The van der Waals surface area contributed by atoms with E-state index in [2.05, 4.69) is 19.0 Å². The van der Waals surface area contributed by atoms with Gasteiger partial charge in [-0.1, -0.05) is 25.4 Å². The first kappa shape index (κ1) is 14.1. The SMILES string of the molecule is C[C@@]12CCC[C@H]1[C@@H]1CC[C@H]3CC/C(=N\O)C[C@]3(C)[C@H]1CC2. The third-order valence-electron chi connectivity index (χ3n) is 8.35. The van der Waals surface area contributed by atoms with E-state index in [4.69, 9.17) is 0 Å². The number of hydrogen-bond acceptors (Lipinski definition) is 2. The van der Waals surface area contributed by atoms with Gasteiger partial charge < -0.3 is 5.21 Å². The topological polar surface area (TPSA) is 32.6 Å². The van der Waals surface area contributed by atoms with Gasteiger partial charge in [-0.3, -0.25) is 0 Å². The highest BCUT2D eigenvalue weighted by atomic mass is 16.4. The van der Waals surface area contributed by atoms with Crippen molar-refractivity contribution in [1.82, 2.24) is 0 Å². The number of oxime groups is 1. The van der Waals surface area contributed by atoms with Crippen molar-refractivity contribution < 1.29 is 5.21 Å². The van der Waals surface area contributed by atoms with Gasteiger partial charge in [0, 0.05) is 0 Å². The van der Waals surface area contributed by atoms with Gasteiger partial charge in [0.15, 0.2) is 0 Å². The molecule has 2 nitrogen and oxygen atoms in total. The van der Waals surface area contributed by atoms with Crippen molar-refractivity contribution in [3.63, 3.8) is 0 Å². The molecule has 4 rings (SSSR count). The van der Waals surface area contributed by atoms with Crippen LogP contribution in [0.2, 0.25) is 0 Å². The lowest BCUT2D eigenvalue weighted by atomic mass is 9.45. The predicted molar refractivity (Wildman–Crippen MR) is 85.6 cm³/mol. The van der Waals surface area contributed by atoms with Crippen molar-refractivity contribution in [2.75, 3.05) is 0 Å². The summed E-state index contributed by atoms with van der Waals surface area (Å²) in [5.41, 5.74) is 2.16. The average molecular weight is 289 g/mol. The van der Waals surface area contributed by atoms with Crippen LogP contribution in [0.15, 0.2) is 5.16 Å². The molecule has 0 heterocycles. The van der Waals surface area contributed by atoms with E-state index in [1.54, 1.807) is 0 Å². The molecule has 0 aromatic rings. The molecule has 4 aliphatic rings. The van der Waals surface area contributed by atoms with E-state index in [1.807, 2.05) is 0 Å². The molecule has 118 valence electrons. The average Bonchev–Trinajstić information content (AvgIpc) is 2.87. The van der Waals surface area contributed by atoms with Crippen molar-refractivity contribution in [3.05, 3.63) is 0 Å². The smallest absolute Gasteiger partial charge is 0.0576 e. The maximum Gasteiger partial charge on any atom is 0.0576 e. The van der Waals surface area contributed by atoms with Gasteiger partial charge in [0.2, 0.25) is 0 Å². The largest absolute Gasteiger partial charge is 0.411 e. The zero-order chi connectivity index (χ0) is 14.7. The molecule has 0 bridgehead atoms. The minimum atomic E-state index is 0.423. The van der Waals surface area contributed by atoms with Gasteiger partial charge in [0.25, 0.3) is 0 Å². The van der Waals surface area contributed by atoms with Gasteiger partial charge >= 0.3 is 0 Å². The second-order valence-electron chi connectivity index (χ2n) is 9.12. The van der Waals surface area contributed by atoms with E-state index in [0.29, 0.717) is 10.8 Å². The van der Waals surface area contributed by atoms with Crippen molar-refractivity contribution in [2.45, 2.75) is 78.1 Å². The van der Waals surface area contributed by atoms with Gasteiger partial charge in [-0.2, -0.15) is 0 Å². The number of rotatable bonds is 0. The zero-order valence-corrected chi connectivity index (χ0v) is 13.8. The van der Waals surface area contributed by atoms with Gasteiger partial charge in [-0.25, -0.2) is 0 Å². The fourth-order valence-corrected chi connectivity index (χ4v) is 7.23. The van der Waals surface area contributed by atoms with E-state index >= 15 is 0 Å². The molecule has 4 fully saturated rings. The van der Waals surface area contributed by atoms with Crippen LogP contribution in [-0.4, -0.2) is 10.9 Å². The molecule has 0 spiro atoms. The van der Waals surface area contributed by atoms with Crippen LogP contribution < -0.4 is 0 Å². The summed E-state index contributed by atoms with van der Waals surface area (Å²) < 4.78 is 0. The fraction of sp³-hybridized carbons (Fsp3) is 0.947. The Kier molecular flexibility index (Phi) is 3.17. The van der Waals surface area contributed by atoms with Crippen molar-refractivity contribution in [3.8, 4) is 0 Å². The monoisotopic (exact) mass is 289 g/mol. The van der Waals surface area contributed by atoms with Gasteiger partial charge in [0.1, 0.15) is 0 Å². The molecule has 0 amide bonds. The molecule has 21 heavy (non-hydrogen) atoms. The summed E-state index contributed by atoms with van der Waals surface area (Å²) in [4.78, 5) is 0. The first-order valence-electron chi connectivity index (χ1n) is 9.27. The summed E-state index contributed by atoms with van der Waals surface area (Å²) in [6.07, 6.45) is 13.6. The normalized spacial score (nSPS) is 54.9. The van der Waals surface area contributed by atoms with Crippen LogP contribution in [0, 0.1) is 34.5 Å². The summed E-state index contributed by atoms with van der Waals surface area (Å²) in [6.45, 7) is 5.12. The van der Waals surface area contributed by atoms with E-state index < -0.39 is 0 Å². The summed E-state index contributed by atoms with van der Waals surface area (Å²) in [7, 11) is 0. The predicted octanol–water partition coefficient (Wildman–Crippen LogP) is 5.25. The summed E-state index contributed by atoms with van der Waals surface area (Å²) in [5, 5.41) is 12.9. The molecule has 6 atom stereocenters. The Labute approximate surface area is 129 Å². The van der Waals surface area contributed by atoms with Crippen LogP contribution in [0.5, 0.6) is 0 Å². The Hall–Kier alpha value is -0.530. The molecule has 0 aromatic carbocycles. The molecule has 0 aliphatic heterocycles. The maximum absolute atomic E-state index is 9.27. The minimum absolute atomic E-state index is 0.423. The summed E-state index contributed by atoms with van der Waals surface area (Å²) in [6, 6.07) is 0. The highest BCUT2D eigenvalue weighted by Crippen LogP contribution is 2.65. The molecule has 0 aromatic heterocycles. The lowest BCUT2D eigenvalue weighted by Gasteiger charge is -2.59. The van der Waals surface area contributed by atoms with Crippen molar-refractivity contribution >= 4 is 5.71 Å². The second-order valence-corrected chi connectivity index (χ2v) is 9.12. The second kappa shape index (κ2) is 4.73. The molecule has 0 unspecified atom stereocenters. The van der Waals surface area contributed by atoms with Crippen LogP contribution in [0.4, 0.5) is 0 Å². The third-order valence-corrected chi connectivity index (χ3v) is 8.35. The van der Waals surface area contributed by atoms with Gasteiger partial charge in [-0.15, -0.1) is 0 Å². The molecule has 2 heteroatoms. The fourth-order valence-electron chi connectivity index (χ4n) is 7.23. The Balaban J connectivity index is 1.65. The summed E-state index contributed by atoms with van der Waals surface area (Å²) >= 11 is 0. The Morgan fingerprint density at radius 2 is 1.86 bits per heavy atom. The van der Waals surface area contributed by atoms with Gasteiger partial charge in [0.05, 0.1) is 5.71 Å². The molecular formula is C19H31NO. The van der Waals surface area contributed by atoms with E-state index in [1.165, 1.54) is 51.4 Å². The highest BCUT2D eigenvalue weighted by Gasteiger charge is 2.57. The Morgan fingerprint density at radius 1 is 1.00 bits per heavy atom. The molecule has 4 aliphatic carbocycles. The van der Waals surface area contributed by atoms with E-state index in [9.17, 15) is 5.21 Å². The quantitative estimate of drug-likeness (QED) is 0.479. The Bertz CT molecular complexity index is 458. The minimum Gasteiger partial charge on any atom is -0.411 e. The van der Waals surface area contributed by atoms with Gasteiger partial charge in [-0.05, 0) is 92.3 Å². The van der Waals surface area contributed by atoms with Crippen LogP contribution in [0.3, 0.4) is 0 Å². The van der Waals surface area contributed by atoms with Crippen LogP contribution in [0.1, 0.15) is 78.1 Å². The van der Waals surface area contributed by atoms with Crippen LogP contribution in [-0.2, 0) is 0 Å². The molecule has 0 radical (unpaired) electrons. The van der Waals surface area contributed by atoms with Crippen molar-refractivity contribution in [2.24, 2.45) is 39.7 Å². The highest BCUT2D eigenvalue weighted by molar-refractivity contribution is 5.85. The lowest BCUT2D eigenvalue weighted by Crippen LogP contribution is -2.53. The number of hydrogen-bond donors (Lipinski definition) is 1. The third kappa shape index (κ3) is 1.93. The maximum atomic E-state index is 9.27. The van der Waals surface area contributed by atoms with E-state index in [0.717, 1.165) is 42.2 Å².